The van der Waals surface area contributed by atoms with Gasteiger partial charge in [-0.15, -0.1) is 0 Å². The van der Waals surface area contributed by atoms with Gasteiger partial charge in [-0.05, 0) is 62.8 Å². The van der Waals surface area contributed by atoms with Gasteiger partial charge in [0.1, 0.15) is 5.75 Å². The van der Waals surface area contributed by atoms with Crippen LogP contribution in [0.15, 0.2) is 18.2 Å². The lowest BCUT2D eigenvalue weighted by Gasteiger charge is -2.28. The van der Waals surface area contributed by atoms with Crippen molar-refractivity contribution in [1.29, 1.82) is 0 Å². The fourth-order valence-corrected chi connectivity index (χ4v) is 3.15. The van der Waals surface area contributed by atoms with E-state index in [-0.39, 0.29) is 5.78 Å². The number of ether oxygens (including phenoxy) is 2. The van der Waals surface area contributed by atoms with Gasteiger partial charge in [0, 0.05) is 12.0 Å². The lowest BCUT2D eigenvalue weighted by atomic mass is 9.89. The lowest BCUT2D eigenvalue weighted by Crippen LogP contribution is -2.27. The van der Waals surface area contributed by atoms with Crippen molar-refractivity contribution in [2.75, 3.05) is 13.2 Å². The first-order valence-electron chi connectivity index (χ1n) is 8.52. The molecule has 1 aromatic carbocycles. The lowest BCUT2D eigenvalue weighted by molar-refractivity contribution is -0.0205. The maximum absolute atomic E-state index is 12.5. The van der Waals surface area contributed by atoms with E-state index >= 15 is 0 Å². The first kappa shape index (κ1) is 17.0. The quantitative estimate of drug-likeness (QED) is 0.693. The molecule has 2 atom stereocenters. The summed E-state index contributed by atoms with van der Waals surface area (Å²) >= 11 is 0. The third-order valence-corrected chi connectivity index (χ3v) is 4.36. The van der Waals surface area contributed by atoms with Crippen LogP contribution in [0, 0.1) is 12.8 Å². The van der Waals surface area contributed by atoms with E-state index in [2.05, 4.69) is 6.92 Å². The third kappa shape index (κ3) is 4.57. The Morgan fingerprint density at radius 3 is 2.73 bits per heavy atom. The van der Waals surface area contributed by atoms with Gasteiger partial charge in [-0.1, -0.05) is 13.3 Å². The summed E-state index contributed by atoms with van der Waals surface area (Å²) in [6.07, 6.45) is 5.50. The first-order valence-corrected chi connectivity index (χ1v) is 8.52. The van der Waals surface area contributed by atoms with E-state index in [1.807, 2.05) is 32.0 Å². The summed E-state index contributed by atoms with van der Waals surface area (Å²) in [5.74, 6) is 1.43. The van der Waals surface area contributed by atoms with E-state index in [4.69, 9.17) is 9.47 Å². The average molecular weight is 304 g/mol. The van der Waals surface area contributed by atoms with Gasteiger partial charge < -0.3 is 9.47 Å². The summed E-state index contributed by atoms with van der Waals surface area (Å²) in [5, 5.41) is 0. The number of hydrogen-bond donors (Lipinski definition) is 0. The molecule has 2 unspecified atom stereocenters. The molecule has 2 rings (SSSR count). The van der Waals surface area contributed by atoms with Crippen LogP contribution >= 0.6 is 0 Å². The zero-order valence-electron chi connectivity index (χ0n) is 14.1. The number of Topliss-reactive ketones (excluding diaryl/α,β-unsaturated/α-hetero) is 1. The Balaban J connectivity index is 1.90. The summed E-state index contributed by atoms with van der Waals surface area (Å²) in [4.78, 5) is 12.5. The number of carbonyl (C=O) groups is 1. The number of benzene rings is 1. The Hall–Kier alpha value is -1.35. The van der Waals surface area contributed by atoms with Crippen molar-refractivity contribution in [3.63, 3.8) is 0 Å². The van der Waals surface area contributed by atoms with Crippen molar-refractivity contribution in [3.05, 3.63) is 29.3 Å². The molecule has 0 spiro atoms. The second kappa shape index (κ2) is 8.33. The highest BCUT2D eigenvalue weighted by molar-refractivity contribution is 5.97. The molecule has 0 amide bonds. The van der Waals surface area contributed by atoms with E-state index in [1.165, 1.54) is 6.42 Å². The van der Waals surface area contributed by atoms with E-state index in [1.54, 1.807) is 0 Å². The van der Waals surface area contributed by atoms with Crippen LogP contribution in [0.2, 0.25) is 0 Å². The van der Waals surface area contributed by atoms with Gasteiger partial charge in [-0.3, -0.25) is 4.79 Å². The predicted molar refractivity (Wildman–Crippen MR) is 88.7 cm³/mol. The monoisotopic (exact) mass is 304 g/mol. The molecule has 3 nitrogen and oxygen atoms in total. The van der Waals surface area contributed by atoms with Crippen molar-refractivity contribution in [2.24, 2.45) is 5.92 Å². The second-order valence-corrected chi connectivity index (χ2v) is 6.22. The SMILES string of the molecule is CCCC1CCC(CC(=O)c2ccc(OCC)cc2C)CO1. The van der Waals surface area contributed by atoms with Crippen LogP contribution in [-0.4, -0.2) is 25.1 Å². The summed E-state index contributed by atoms with van der Waals surface area (Å²) in [6.45, 7) is 7.50. The molecular weight excluding hydrogens is 276 g/mol. The highest BCUT2D eigenvalue weighted by atomic mass is 16.5. The molecule has 0 saturated carbocycles. The molecule has 3 heteroatoms. The molecule has 0 bridgehead atoms. The Bertz CT molecular complexity index is 487. The minimum Gasteiger partial charge on any atom is -0.494 e. The zero-order chi connectivity index (χ0) is 15.9. The zero-order valence-corrected chi connectivity index (χ0v) is 14.1. The average Bonchev–Trinajstić information content (AvgIpc) is 2.50. The Morgan fingerprint density at radius 2 is 2.14 bits per heavy atom. The molecule has 0 aromatic heterocycles. The third-order valence-electron chi connectivity index (χ3n) is 4.36. The van der Waals surface area contributed by atoms with Gasteiger partial charge in [0.2, 0.25) is 0 Å². The van der Waals surface area contributed by atoms with Crippen LogP contribution in [0.25, 0.3) is 0 Å². The summed E-state index contributed by atoms with van der Waals surface area (Å²) in [5.41, 5.74) is 1.82. The first-order chi connectivity index (χ1) is 10.6. The summed E-state index contributed by atoms with van der Waals surface area (Å²) in [6, 6.07) is 5.73. The second-order valence-electron chi connectivity index (χ2n) is 6.22. The molecule has 0 N–H and O–H groups in total. The smallest absolute Gasteiger partial charge is 0.163 e. The Kier molecular flexibility index (Phi) is 6.44. The van der Waals surface area contributed by atoms with Crippen LogP contribution < -0.4 is 4.74 Å². The topological polar surface area (TPSA) is 35.5 Å². The van der Waals surface area contributed by atoms with Crippen molar-refractivity contribution < 1.29 is 14.3 Å². The van der Waals surface area contributed by atoms with Crippen molar-refractivity contribution in [3.8, 4) is 5.75 Å². The highest BCUT2D eigenvalue weighted by Gasteiger charge is 2.24. The molecule has 0 aliphatic carbocycles. The van der Waals surface area contributed by atoms with E-state index < -0.39 is 0 Å². The predicted octanol–water partition coefficient (Wildman–Crippen LogP) is 4.56. The minimum atomic E-state index is 0.225. The van der Waals surface area contributed by atoms with Crippen molar-refractivity contribution >= 4 is 5.78 Å². The standard InChI is InChI=1S/C19H28O3/c1-4-6-16-8-7-15(13-22-16)12-19(20)18-10-9-17(21-5-2)11-14(18)3/h9-11,15-16H,4-8,12-13H2,1-3H3. The van der Waals surface area contributed by atoms with Crippen LogP contribution in [-0.2, 0) is 4.74 Å². The molecular formula is C19H28O3. The number of hydrogen-bond acceptors (Lipinski definition) is 3. The van der Waals surface area contributed by atoms with Crippen LogP contribution in [0.5, 0.6) is 5.75 Å². The molecule has 1 saturated heterocycles. The number of carbonyl (C=O) groups excluding carboxylic acids is 1. The van der Waals surface area contributed by atoms with Gasteiger partial charge in [0.15, 0.2) is 5.78 Å². The summed E-state index contributed by atoms with van der Waals surface area (Å²) < 4.78 is 11.4. The minimum absolute atomic E-state index is 0.225. The van der Waals surface area contributed by atoms with E-state index in [0.717, 1.165) is 42.7 Å². The van der Waals surface area contributed by atoms with Gasteiger partial charge in [-0.25, -0.2) is 0 Å². The molecule has 1 heterocycles. The number of ketones is 1. The largest absolute Gasteiger partial charge is 0.494 e. The fraction of sp³-hybridized carbons (Fsp3) is 0.632. The maximum Gasteiger partial charge on any atom is 0.163 e. The Morgan fingerprint density at radius 1 is 1.32 bits per heavy atom. The van der Waals surface area contributed by atoms with Crippen molar-refractivity contribution in [2.45, 2.75) is 59.0 Å². The van der Waals surface area contributed by atoms with Crippen molar-refractivity contribution in [1.82, 2.24) is 0 Å². The number of rotatable bonds is 7. The molecule has 1 aliphatic rings. The molecule has 1 aromatic rings. The van der Waals surface area contributed by atoms with Gasteiger partial charge in [0.25, 0.3) is 0 Å². The number of aryl methyl sites for hydroxylation is 1. The van der Waals surface area contributed by atoms with Crippen LogP contribution in [0.3, 0.4) is 0 Å². The molecule has 22 heavy (non-hydrogen) atoms. The van der Waals surface area contributed by atoms with Gasteiger partial charge >= 0.3 is 0 Å². The molecule has 1 aliphatic heterocycles. The molecule has 122 valence electrons. The fourth-order valence-electron chi connectivity index (χ4n) is 3.15. The molecule has 1 fully saturated rings. The van der Waals surface area contributed by atoms with Gasteiger partial charge in [0.05, 0.1) is 19.3 Å². The van der Waals surface area contributed by atoms with Crippen LogP contribution in [0.4, 0.5) is 0 Å². The van der Waals surface area contributed by atoms with Crippen LogP contribution in [0.1, 0.15) is 61.9 Å². The Labute approximate surface area is 134 Å². The van der Waals surface area contributed by atoms with E-state index in [0.29, 0.717) is 25.0 Å². The van der Waals surface area contributed by atoms with E-state index in [9.17, 15) is 4.79 Å². The maximum atomic E-state index is 12.5. The van der Waals surface area contributed by atoms with Gasteiger partial charge in [-0.2, -0.15) is 0 Å². The summed E-state index contributed by atoms with van der Waals surface area (Å²) in [7, 11) is 0. The highest BCUT2D eigenvalue weighted by Crippen LogP contribution is 2.26. The normalized spacial score (nSPS) is 21.6. The molecule has 0 radical (unpaired) electrons.